The van der Waals surface area contributed by atoms with E-state index >= 15 is 0 Å². The van der Waals surface area contributed by atoms with Crippen LogP contribution in [0.1, 0.15) is 73.6 Å². The van der Waals surface area contributed by atoms with Gasteiger partial charge in [-0.2, -0.15) is 0 Å². The van der Waals surface area contributed by atoms with Gasteiger partial charge in [0.1, 0.15) is 12.3 Å². The molecule has 0 aromatic heterocycles. The average Bonchev–Trinajstić information content (AvgIpc) is 2.59. The highest BCUT2D eigenvalue weighted by atomic mass is 31.2. The number of hydrogen-bond donors (Lipinski definition) is 2. The minimum Gasteiger partial charge on any atom is -0.367 e. The fraction of sp³-hybridized carbons (Fsp3) is 0.714. The van der Waals surface area contributed by atoms with Crippen molar-refractivity contribution in [2.24, 2.45) is 0 Å². The van der Waals surface area contributed by atoms with Gasteiger partial charge in [-0.3, -0.25) is 9.13 Å². The maximum absolute atomic E-state index is 12.7. The molecule has 0 amide bonds. The summed E-state index contributed by atoms with van der Waals surface area (Å²) in [5.74, 6) is -0.792. The van der Waals surface area contributed by atoms with E-state index in [-0.39, 0.29) is 13.0 Å². The van der Waals surface area contributed by atoms with E-state index in [1.807, 2.05) is 6.08 Å². The Bertz CT molecular complexity index is 658. The second-order valence-corrected chi connectivity index (χ2v) is 12.3. The van der Waals surface area contributed by atoms with Crippen molar-refractivity contribution in [3.8, 4) is 0 Å². The topological polar surface area (TPSA) is 93.1 Å². The van der Waals surface area contributed by atoms with Gasteiger partial charge in [-0.15, -0.1) is 0 Å². The van der Waals surface area contributed by atoms with Crippen molar-refractivity contribution in [3.05, 3.63) is 34.9 Å². The van der Waals surface area contributed by atoms with Gasteiger partial charge in [0.2, 0.25) is 7.37 Å². The molecule has 0 saturated heterocycles. The Labute approximate surface area is 177 Å². The first-order valence-corrected chi connectivity index (χ1v) is 14.0. The minimum absolute atomic E-state index is 0.249. The zero-order valence-electron chi connectivity index (χ0n) is 18.9. The molecule has 8 heteroatoms. The Morgan fingerprint density at radius 3 is 2.17 bits per heavy atom. The highest BCUT2D eigenvalue weighted by molar-refractivity contribution is 7.73. The first kappa shape index (κ1) is 28.5. The summed E-state index contributed by atoms with van der Waals surface area (Å²) in [5, 5.41) is 0. The van der Waals surface area contributed by atoms with Gasteiger partial charge in [0.15, 0.2) is 0 Å². The number of hydrogen-bond acceptors (Lipinski definition) is 4. The lowest BCUT2D eigenvalue weighted by atomic mass is 10.0. The maximum atomic E-state index is 12.7. The Balaban J connectivity index is 4.58. The van der Waals surface area contributed by atoms with Gasteiger partial charge in [0, 0.05) is 0 Å². The molecule has 0 aliphatic heterocycles. The summed E-state index contributed by atoms with van der Waals surface area (Å²) in [6.45, 7) is 12.1. The van der Waals surface area contributed by atoms with Crippen LogP contribution in [-0.4, -0.2) is 34.7 Å². The summed E-state index contributed by atoms with van der Waals surface area (Å²) in [5.41, 5.74) is 4.04. The summed E-state index contributed by atoms with van der Waals surface area (Å²) < 4.78 is 34.7. The first-order valence-electron chi connectivity index (χ1n) is 10.2. The molecule has 0 bridgehead atoms. The second-order valence-electron chi connectivity index (χ2n) is 7.71. The van der Waals surface area contributed by atoms with Gasteiger partial charge in [-0.05, 0) is 66.7 Å². The monoisotopic (exact) mass is 450 g/mol. The number of allylic oxidation sites excluding steroid dienone is 5. The lowest BCUT2D eigenvalue weighted by molar-refractivity contribution is 0.174. The van der Waals surface area contributed by atoms with Crippen molar-refractivity contribution in [3.63, 3.8) is 0 Å². The first-order chi connectivity index (χ1) is 13.4. The molecule has 29 heavy (non-hydrogen) atoms. The van der Waals surface area contributed by atoms with E-state index in [1.165, 1.54) is 16.7 Å². The van der Waals surface area contributed by atoms with E-state index in [0.717, 1.165) is 32.1 Å². The third kappa shape index (κ3) is 16.0. The second kappa shape index (κ2) is 14.5. The van der Waals surface area contributed by atoms with Crippen LogP contribution in [0.4, 0.5) is 0 Å². The van der Waals surface area contributed by atoms with Crippen molar-refractivity contribution in [1.82, 2.24) is 0 Å². The van der Waals surface area contributed by atoms with Crippen molar-refractivity contribution in [2.75, 3.05) is 18.9 Å². The zero-order chi connectivity index (χ0) is 22.5. The zero-order valence-corrected chi connectivity index (χ0v) is 20.7. The molecule has 0 aliphatic rings. The molecule has 0 saturated carbocycles. The SMILES string of the molecule is CC=C(C)CC/C(C)=C/CC/C(=C\COCP(=O)(CP(=O)(O)O)OC(C)C)CC. The van der Waals surface area contributed by atoms with E-state index in [9.17, 15) is 9.13 Å². The van der Waals surface area contributed by atoms with Crippen molar-refractivity contribution in [2.45, 2.75) is 79.8 Å². The Morgan fingerprint density at radius 1 is 1.03 bits per heavy atom. The third-order valence-electron chi connectivity index (χ3n) is 4.40. The van der Waals surface area contributed by atoms with Crippen LogP contribution >= 0.6 is 15.0 Å². The van der Waals surface area contributed by atoms with Crippen LogP contribution in [0.3, 0.4) is 0 Å². The summed E-state index contributed by atoms with van der Waals surface area (Å²) in [6, 6.07) is 0. The predicted molar refractivity (Wildman–Crippen MR) is 122 cm³/mol. The summed E-state index contributed by atoms with van der Waals surface area (Å²) >= 11 is 0. The summed E-state index contributed by atoms with van der Waals surface area (Å²) in [6.07, 6.45) is 10.7. The lowest BCUT2D eigenvalue weighted by Crippen LogP contribution is -2.09. The molecule has 1 unspecified atom stereocenters. The Kier molecular flexibility index (Phi) is 14.3. The number of ether oxygens (including phenoxy) is 1. The fourth-order valence-corrected chi connectivity index (χ4v) is 6.76. The maximum Gasteiger partial charge on any atom is 0.335 e. The van der Waals surface area contributed by atoms with Crippen LogP contribution in [0.25, 0.3) is 0 Å². The van der Waals surface area contributed by atoms with Gasteiger partial charge in [0.25, 0.3) is 0 Å². The molecular formula is C21H40O6P2. The summed E-state index contributed by atoms with van der Waals surface area (Å²) in [4.78, 5) is 18.3. The van der Waals surface area contributed by atoms with Gasteiger partial charge < -0.3 is 19.0 Å². The quantitative estimate of drug-likeness (QED) is 0.166. The van der Waals surface area contributed by atoms with E-state index in [4.69, 9.17) is 19.0 Å². The molecule has 0 aromatic rings. The van der Waals surface area contributed by atoms with Gasteiger partial charge in [0.05, 0.1) is 12.7 Å². The molecule has 0 heterocycles. The van der Waals surface area contributed by atoms with Crippen LogP contribution in [0.5, 0.6) is 0 Å². The minimum atomic E-state index is -4.45. The van der Waals surface area contributed by atoms with Crippen LogP contribution in [0.2, 0.25) is 0 Å². The molecule has 0 fully saturated rings. The molecular weight excluding hydrogens is 410 g/mol. The van der Waals surface area contributed by atoms with Crippen LogP contribution in [0, 0.1) is 0 Å². The molecule has 0 aromatic carbocycles. The normalized spacial score (nSPS) is 16.4. The van der Waals surface area contributed by atoms with Crippen LogP contribution in [-0.2, 0) is 18.4 Å². The molecule has 2 N–H and O–H groups in total. The molecule has 0 aliphatic carbocycles. The standard InChI is InChI=1S/C21H40O6P2/c1-7-19(5)12-13-20(6)10-9-11-21(8-2)14-15-26-16-28(22,27-18(3)4)17-29(23,24)25/h7,10,14,18H,8-9,11-13,15-17H2,1-6H3,(H2,23,24,25)/b19-7?,20-10+,21-14-. The largest absolute Gasteiger partial charge is 0.367 e. The Morgan fingerprint density at radius 2 is 1.66 bits per heavy atom. The Hall–Kier alpha value is -0.480. The highest BCUT2D eigenvalue weighted by Crippen LogP contribution is 2.58. The highest BCUT2D eigenvalue weighted by Gasteiger charge is 2.33. The average molecular weight is 450 g/mol. The molecule has 0 rings (SSSR count). The van der Waals surface area contributed by atoms with Gasteiger partial charge >= 0.3 is 7.60 Å². The summed E-state index contributed by atoms with van der Waals surface area (Å²) in [7, 11) is -8.00. The lowest BCUT2D eigenvalue weighted by Gasteiger charge is -2.21. The predicted octanol–water partition coefficient (Wildman–Crippen LogP) is 6.61. The molecule has 170 valence electrons. The third-order valence-corrected chi connectivity index (χ3v) is 8.98. The molecule has 0 radical (unpaired) electrons. The van der Waals surface area contributed by atoms with E-state index < -0.39 is 27.0 Å². The van der Waals surface area contributed by atoms with E-state index in [0.29, 0.717) is 0 Å². The number of rotatable bonds is 15. The molecule has 6 nitrogen and oxygen atoms in total. The van der Waals surface area contributed by atoms with Crippen molar-refractivity contribution >= 4 is 15.0 Å². The van der Waals surface area contributed by atoms with E-state index in [2.05, 4.69) is 39.8 Å². The smallest absolute Gasteiger partial charge is 0.335 e. The van der Waals surface area contributed by atoms with Gasteiger partial charge in [-0.1, -0.05) is 41.9 Å². The van der Waals surface area contributed by atoms with Crippen LogP contribution < -0.4 is 0 Å². The fourth-order valence-electron chi connectivity index (χ4n) is 2.71. The van der Waals surface area contributed by atoms with Crippen molar-refractivity contribution in [1.29, 1.82) is 0 Å². The molecule has 1 atom stereocenters. The van der Waals surface area contributed by atoms with Gasteiger partial charge in [-0.25, -0.2) is 0 Å². The van der Waals surface area contributed by atoms with Crippen LogP contribution in [0.15, 0.2) is 34.9 Å². The van der Waals surface area contributed by atoms with E-state index in [1.54, 1.807) is 13.8 Å². The van der Waals surface area contributed by atoms with Crippen molar-refractivity contribution < 1.29 is 28.2 Å². The molecule has 0 spiro atoms.